The molecule has 1 aliphatic heterocycles. The number of pyridine rings is 1. The molecule has 0 fully saturated rings. The molecule has 128 valence electrons. The standard InChI is InChI=1S/C17H23N5O2/c1-24-12-16-21-20-15-6-5-14(8-10-22(15)16)19-17(23)7-4-13-3-2-9-18-11-13/h2-3,9,11,14H,4-8,10,12H2,1H3,(H,19,23). The van der Waals surface area contributed by atoms with Crippen LogP contribution in [0.2, 0.25) is 0 Å². The highest BCUT2D eigenvalue weighted by molar-refractivity contribution is 5.76. The van der Waals surface area contributed by atoms with Crippen LogP contribution in [0.4, 0.5) is 0 Å². The summed E-state index contributed by atoms with van der Waals surface area (Å²) in [4.78, 5) is 16.3. The lowest BCUT2D eigenvalue weighted by Crippen LogP contribution is -2.35. The first-order chi connectivity index (χ1) is 11.8. The highest BCUT2D eigenvalue weighted by Crippen LogP contribution is 2.16. The van der Waals surface area contributed by atoms with Crippen molar-refractivity contribution >= 4 is 5.91 Å². The van der Waals surface area contributed by atoms with Crippen molar-refractivity contribution in [2.75, 3.05) is 7.11 Å². The van der Waals surface area contributed by atoms with Crippen LogP contribution in [0.1, 0.15) is 36.5 Å². The summed E-state index contributed by atoms with van der Waals surface area (Å²) in [6.45, 7) is 1.28. The number of aromatic nitrogens is 4. The second kappa shape index (κ2) is 8.01. The number of carbonyl (C=O) groups is 1. The highest BCUT2D eigenvalue weighted by atomic mass is 16.5. The summed E-state index contributed by atoms with van der Waals surface area (Å²) in [5.74, 6) is 1.93. The van der Waals surface area contributed by atoms with E-state index >= 15 is 0 Å². The number of carbonyl (C=O) groups excluding carboxylic acids is 1. The zero-order chi connectivity index (χ0) is 16.8. The number of fused-ring (bicyclic) bond motifs is 1. The average Bonchev–Trinajstić information content (AvgIpc) is 2.87. The molecule has 1 amide bonds. The molecule has 7 nitrogen and oxygen atoms in total. The SMILES string of the molecule is COCc1nnc2n1CCC(NC(=O)CCc1cccnc1)CC2. The van der Waals surface area contributed by atoms with Crippen LogP contribution in [0.3, 0.4) is 0 Å². The Kier molecular flexibility index (Phi) is 5.53. The van der Waals surface area contributed by atoms with Gasteiger partial charge in [0, 0.05) is 44.9 Å². The van der Waals surface area contributed by atoms with Gasteiger partial charge in [-0.05, 0) is 30.9 Å². The second-order valence-corrected chi connectivity index (χ2v) is 6.07. The summed E-state index contributed by atoms with van der Waals surface area (Å²) >= 11 is 0. The predicted molar refractivity (Wildman–Crippen MR) is 88.2 cm³/mol. The monoisotopic (exact) mass is 329 g/mol. The van der Waals surface area contributed by atoms with Gasteiger partial charge in [-0.15, -0.1) is 10.2 Å². The molecule has 3 heterocycles. The topological polar surface area (TPSA) is 81.9 Å². The molecule has 2 aromatic rings. The molecule has 3 rings (SSSR count). The molecule has 0 spiro atoms. The quantitative estimate of drug-likeness (QED) is 0.863. The van der Waals surface area contributed by atoms with Gasteiger partial charge in [0.1, 0.15) is 12.4 Å². The molecule has 1 aliphatic rings. The Morgan fingerprint density at radius 2 is 2.33 bits per heavy atom. The molecular formula is C17H23N5O2. The fourth-order valence-corrected chi connectivity index (χ4v) is 3.03. The van der Waals surface area contributed by atoms with E-state index in [4.69, 9.17) is 4.74 Å². The number of ether oxygens (including phenoxy) is 1. The lowest BCUT2D eigenvalue weighted by molar-refractivity contribution is -0.121. The van der Waals surface area contributed by atoms with Gasteiger partial charge in [-0.1, -0.05) is 6.07 Å². The number of rotatable bonds is 6. The van der Waals surface area contributed by atoms with Crippen molar-refractivity contribution in [3.05, 3.63) is 41.7 Å². The summed E-state index contributed by atoms with van der Waals surface area (Å²) in [6, 6.07) is 4.07. The maximum Gasteiger partial charge on any atom is 0.220 e. The van der Waals surface area contributed by atoms with Gasteiger partial charge >= 0.3 is 0 Å². The smallest absolute Gasteiger partial charge is 0.220 e. The Balaban J connectivity index is 1.49. The Morgan fingerprint density at radius 1 is 1.42 bits per heavy atom. The van der Waals surface area contributed by atoms with Crippen molar-refractivity contribution in [1.82, 2.24) is 25.1 Å². The van der Waals surface area contributed by atoms with Crippen LogP contribution >= 0.6 is 0 Å². The van der Waals surface area contributed by atoms with Gasteiger partial charge in [-0.3, -0.25) is 9.78 Å². The Morgan fingerprint density at radius 3 is 3.12 bits per heavy atom. The van der Waals surface area contributed by atoms with Crippen LogP contribution in [-0.2, 0) is 35.5 Å². The van der Waals surface area contributed by atoms with Crippen LogP contribution in [0.5, 0.6) is 0 Å². The van der Waals surface area contributed by atoms with Crippen LogP contribution < -0.4 is 5.32 Å². The average molecular weight is 329 g/mol. The summed E-state index contributed by atoms with van der Waals surface area (Å²) in [6.07, 6.45) is 7.36. The second-order valence-electron chi connectivity index (χ2n) is 6.07. The van der Waals surface area contributed by atoms with Gasteiger partial charge < -0.3 is 14.6 Å². The maximum absolute atomic E-state index is 12.2. The van der Waals surface area contributed by atoms with Crippen molar-refractivity contribution < 1.29 is 9.53 Å². The third kappa shape index (κ3) is 4.17. The van der Waals surface area contributed by atoms with Gasteiger partial charge in [0.25, 0.3) is 0 Å². The predicted octanol–water partition coefficient (Wildman–Crippen LogP) is 1.27. The van der Waals surface area contributed by atoms with Crippen molar-refractivity contribution in [2.45, 2.75) is 51.3 Å². The van der Waals surface area contributed by atoms with E-state index in [9.17, 15) is 4.79 Å². The number of nitrogens with zero attached hydrogens (tertiary/aromatic N) is 4. The first-order valence-electron chi connectivity index (χ1n) is 8.34. The Hall–Kier alpha value is -2.28. The van der Waals surface area contributed by atoms with Crippen LogP contribution in [-0.4, -0.2) is 38.8 Å². The van der Waals surface area contributed by atoms with Gasteiger partial charge in [-0.2, -0.15) is 0 Å². The van der Waals surface area contributed by atoms with Gasteiger partial charge in [0.15, 0.2) is 5.82 Å². The third-order valence-corrected chi connectivity index (χ3v) is 4.32. The Labute approximate surface area is 141 Å². The van der Waals surface area contributed by atoms with Crippen molar-refractivity contribution in [2.24, 2.45) is 0 Å². The molecule has 1 unspecified atom stereocenters. The van der Waals surface area contributed by atoms with Crippen molar-refractivity contribution in [3.8, 4) is 0 Å². The first kappa shape index (κ1) is 16.6. The summed E-state index contributed by atoms with van der Waals surface area (Å²) in [7, 11) is 1.66. The van der Waals surface area contributed by atoms with Gasteiger partial charge in [0.2, 0.25) is 5.91 Å². The Bertz CT molecular complexity index is 671. The normalized spacial score (nSPS) is 17.1. The molecule has 1 N–H and O–H groups in total. The van der Waals surface area contributed by atoms with E-state index in [1.165, 1.54) is 0 Å². The van der Waals surface area contributed by atoms with Crippen LogP contribution in [0, 0.1) is 0 Å². The molecule has 0 saturated carbocycles. The fraction of sp³-hybridized carbons (Fsp3) is 0.529. The summed E-state index contributed by atoms with van der Waals surface area (Å²) in [5.41, 5.74) is 1.09. The van der Waals surface area contributed by atoms with Crippen LogP contribution in [0.15, 0.2) is 24.5 Å². The number of nitrogens with one attached hydrogen (secondary N) is 1. The van der Waals surface area contributed by atoms with Crippen LogP contribution in [0.25, 0.3) is 0 Å². The van der Waals surface area contributed by atoms with E-state index < -0.39 is 0 Å². The molecule has 1 atom stereocenters. The minimum Gasteiger partial charge on any atom is -0.377 e. The molecule has 0 radical (unpaired) electrons. The third-order valence-electron chi connectivity index (χ3n) is 4.32. The molecule has 24 heavy (non-hydrogen) atoms. The number of hydrogen-bond donors (Lipinski definition) is 1. The number of hydrogen-bond acceptors (Lipinski definition) is 5. The number of amides is 1. The first-order valence-corrected chi connectivity index (χ1v) is 8.34. The lowest BCUT2D eigenvalue weighted by atomic mass is 10.1. The summed E-state index contributed by atoms with van der Waals surface area (Å²) < 4.78 is 7.28. The number of methoxy groups -OCH3 is 1. The molecule has 0 aliphatic carbocycles. The van der Waals surface area contributed by atoms with Gasteiger partial charge in [0.05, 0.1) is 0 Å². The van der Waals surface area contributed by atoms with E-state index in [-0.39, 0.29) is 11.9 Å². The molecular weight excluding hydrogens is 306 g/mol. The van der Waals surface area contributed by atoms with Crippen molar-refractivity contribution in [3.63, 3.8) is 0 Å². The minimum absolute atomic E-state index is 0.0960. The molecule has 7 heteroatoms. The minimum atomic E-state index is 0.0960. The van der Waals surface area contributed by atoms with E-state index in [2.05, 4.69) is 25.1 Å². The fourth-order valence-electron chi connectivity index (χ4n) is 3.03. The maximum atomic E-state index is 12.2. The molecule has 2 aromatic heterocycles. The lowest BCUT2D eigenvalue weighted by Gasteiger charge is -2.16. The van der Waals surface area contributed by atoms with E-state index in [0.717, 1.165) is 49.4 Å². The van der Waals surface area contributed by atoms with E-state index in [1.54, 1.807) is 13.3 Å². The van der Waals surface area contributed by atoms with Gasteiger partial charge in [-0.25, -0.2) is 0 Å². The van der Waals surface area contributed by atoms with E-state index in [1.807, 2.05) is 18.3 Å². The summed E-state index contributed by atoms with van der Waals surface area (Å²) in [5, 5.41) is 11.6. The zero-order valence-electron chi connectivity index (χ0n) is 13.9. The largest absolute Gasteiger partial charge is 0.377 e. The highest BCUT2D eigenvalue weighted by Gasteiger charge is 2.21. The molecule has 0 aromatic carbocycles. The van der Waals surface area contributed by atoms with E-state index in [0.29, 0.717) is 13.0 Å². The molecule has 0 bridgehead atoms. The molecule has 0 saturated heterocycles. The number of aryl methyl sites for hydroxylation is 2. The zero-order valence-corrected chi connectivity index (χ0v) is 13.9. The van der Waals surface area contributed by atoms with Crippen molar-refractivity contribution in [1.29, 1.82) is 0 Å².